The van der Waals surface area contributed by atoms with Gasteiger partial charge in [-0.3, -0.25) is 9.79 Å². The number of carbonyl (C=O) groups excluding carboxylic acids is 1. The first-order chi connectivity index (χ1) is 7.26. The molecular weight excluding hydrogens is 243 g/mol. The molecule has 8 nitrogen and oxygen atoms in total. The van der Waals surface area contributed by atoms with Gasteiger partial charge in [0, 0.05) is 0 Å². The van der Waals surface area contributed by atoms with Crippen LogP contribution in [0.3, 0.4) is 0 Å². The lowest BCUT2D eigenvalue weighted by molar-refractivity contribution is -0.146. The number of phosphoric ester groups is 1. The molecule has 0 aliphatic carbocycles. The monoisotopic (exact) mass is 254 g/mol. The van der Waals surface area contributed by atoms with Crippen LogP contribution in [0.25, 0.3) is 0 Å². The van der Waals surface area contributed by atoms with E-state index in [1.807, 2.05) is 0 Å². The Morgan fingerprint density at radius 2 is 2.12 bits per heavy atom. The Bertz CT molecular complexity index is 369. The molecule has 0 aromatic rings. The van der Waals surface area contributed by atoms with Gasteiger partial charge in [0.2, 0.25) is 0 Å². The second-order valence-electron chi connectivity index (χ2n) is 3.10. The quantitative estimate of drug-likeness (QED) is 0.392. The van der Waals surface area contributed by atoms with E-state index in [1.54, 1.807) is 6.92 Å². The van der Waals surface area contributed by atoms with Gasteiger partial charge in [0.25, 0.3) is 5.76 Å². The molecule has 2 atom stereocenters. The molecule has 2 unspecified atom stereocenters. The maximum Gasteiger partial charge on any atom is 0.525 e. The highest BCUT2D eigenvalue weighted by Gasteiger charge is 2.42. The van der Waals surface area contributed by atoms with Crippen molar-refractivity contribution >= 4 is 13.8 Å². The van der Waals surface area contributed by atoms with Crippen LogP contribution in [0.4, 0.5) is 0 Å². The van der Waals surface area contributed by atoms with Gasteiger partial charge in [0.15, 0.2) is 11.9 Å². The summed E-state index contributed by atoms with van der Waals surface area (Å²) in [5, 5.41) is 18.7. The fraction of sp³-hybridized carbons (Fsp3) is 0.571. The highest BCUT2D eigenvalue weighted by atomic mass is 31.2. The summed E-state index contributed by atoms with van der Waals surface area (Å²) in [5.74, 6) is -3.01. The molecule has 0 spiro atoms. The van der Waals surface area contributed by atoms with Crippen molar-refractivity contribution in [1.29, 1.82) is 0 Å². The summed E-state index contributed by atoms with van der Waals surface area (Å²) in [6.07, 6.45) is -2.33. The summed E-state index contributed by atoms with van der Waals surface area (Å²) in [4.78, 5) is 28.0. The van der Waals surface area contributed by atoms with E-state index in [9.17, 15) is 19.6 Å². The minimum absolute atomic E-state index is 0.186. The molecule has 0 saturated carbocycles. The third-order valence-electron chi connectivity index (χ3n) is 1.90. The van der Waals surface area contributed by atoms with E-state index in [1.165, 1.54) is 0 Å². The van der Waals surface area contributed by atoms with Crippen LogP contribution in [-0.2, 0) is 18.6 Å². The van der Waals surface area contributed by atoms with Gasteiger partial charge in [-0.05, 0) is 6.42 Å². The van der Waals surface area contributed by atoms with Gasteiger partial charge in [0.1, 0.15) is 0 Å². The van der Waals surface area contributed by atoms with Crippen LogP contribution in [-0.4, -0.2) is 38.2 Å². The third kappa shape index (κ3) is 2.73. The van der Waals surface area contributed by atoms with Crippen molar-refractivity contribution in [2.75, 3.05) is 0 Å². The minimum atomic E-state index is -4.96. The second-order valence-corrected chi connectivity index (χ2v) is 4.26. The molecule has 1 aliphatic rings. The molecule has 1 aliphatic heterocycles. The van der Waals surface area contributed by atoms with E-state index in [0.29, 0.717) is 0 Å². The van der Waals surface area contributed by atoms with E-state index < -0.39 is 37.5 Å². The van der Waals surface area contributed by atoms with Gasteiger partial charge in [-0.25, -0.2) is 9.36 Å². The van der Waals surface area contributed by atoms with Gasteiger partial charge < -0.3 is 19.5 Å². The smallest absolute Gasteiger partial charge is 0.505 e. The van der Waals surface area contributed by atoms with Gasteiger partial charge >= 0.3 is 13.8 Å². The Morgan fingerprint density at radius 3 is 2.56 bits per heavy atom. The van der Waals surface area contributed by atoms with Crippen molar-refractivity contribution in [3.8, 4) is 0 Å². The Balaban J connectivity index is 2.94. The number of ether oxygens (including phenoxy) is 1. The molecule has 4 N–H and O–H groups in total. The van der Waals surface area contributed by atoms with Gasteiger partial charge in [-0.1, -0.05) is 6.92 Å². The van der Waals surface area contributed by atoms with Crippen LogP contribution in [0.15, 0.2) is 11.5 Å². The molecule has 0 aromatic heterocycles. The van der Waals surface area contributed by atoms with Crippen molar-refractivity contribution in [3.05, 3.63) is 11.5 Å². The number of esters is 1. The summed E-state index contributed by atoms with van der Waals surface area (Å²) in [6, 6.07) is 0. The minimum Gasteiger partial charge on any atom is -0.505 e. The molecule has 92 valence electrons. The first-order valence-electron chi connectivity index (χ1n) is 4.33. The molecule has 16 heavy (non-hydrogen) atoms. The number of hydrogen-bond acceptors (Lipinski definition) is 6. The molecule has 1 rings (SSSR count). The lowest BCUT2D eigenvalue weighted by Crippen LogP contribution is -2.27. The highest BCUT2D eigenvalue weighted by Crippen LogP contribution is 2.42. The maximum absolute atomic E-state index is 11.1. The van der Waals surface area contributed by atoms with Crippen molar-refractivity contribution in [2.45, 2.75) is 25.6 Å². The fourth-order valence-electron chi connectivity index (χ4n) is 1.14. The van der Waals surface area contributed by atoms with Crippen LogP contribution in [0.2, 0.25) is 0 Å². The summed E-state index contributed by atoms with van der Waals surface area (Å²) in [6.45, 7) is 1.58. The van der Waals surface area contributed by atoms with Crippen LogP contribution >= 0.6 is 7.82 Å². The van der Waals surface area contributed by atoms with Gasteiger partial charge in [-0.2, -0.15) is 0 Å². The van der Waals surface area contributed by atoms with Crippen molar-refractivity contribution in [2.24, 2.45) is 0 Å². The normalized spacial score (nSPS) is 23.2. The number of aliphatic hydroxyl groups excluding tert-OH is 2. The molecule has 1 heterocycles. The first kappa shape index (κ1) is 13.0. The fourth-order valence-corrected chi connectivity index (χ4v) is 1.54. The summed E-state index contributed by atoms with van der Waals surface area (Å²) >= 11 is 0. The molecule has 0 radical (unpaired) electrons. The summed E-state index contributed by atoms with van der Waals surface area (Å²) in [7, 11) is -4.96. The second kappa shape index (κ2) is 4.42. The molecule has 0 bridgehead atoms. The largest absolute Gasteiger partial charge is 0.525 e. The summed E-state index contributed by atoms with van der Waals surface area (Å²) < 4.78 is 18.9. The summed E-state index contributed by atoms with van der Waals surface area (Å²) in [5.41, 5.74) is 0. The number of phosphoric acid groups is 1. The third-order valence-corrected chi connectivity index (χ3v) is 2.32. The SMILES string of the molecule is CCC(O)C1OC(=O)C(OP(=O)(O)O)=C1O. The average Bonchev–Trinajstić information content (AvgIpc) is 2.42. The van der Waals surface area contributed by atoms with Crippen LogP contribution in [0.5, 0.6) is 0 Å². The number of rotatable bonds is 4. The predicted molar refractivity (Wildman–Crippen MR) is 49.0 cm³/mol. The number of cyclic esters (lactones) is 1. The average molecular weight is 254 g/mol. The number of aliphatic hydroxyl groups is 2. The topological polar surface area (TPSA) is 134 Å². The van der Waals surface area contributed by atoms with Crippen molar-refractivity contribution < 1.29 is 38.6 Å². The van der Waals surface area contributed by atoms with Crippen molar-refractivity contribution in [1.82, 2.24) is 0 Å². The van der Waals surface area contributed by atoms with Gasteiger partial charge in [0.05, 0.1) is 6.10 Å². The molecular formula is C7H11O8P. The Morgan fingerprint density at radius 1 is 1.56 bits per heavy atom. The van der Waals surface area contributed by atoms with Crippen molar-refractivity contribution in [3.63, 3.8) is 0 Å². The molecule has 0 saturated heterocycles. The Labute approximate surface area is 90.3 Å². The maximum atomic E-state index is 11.1. The van der Waals surface area contributed by atoms with Crippen LogP contribution in [0, 0.1) is 0 Å². The molecule has 9 heteroatoms. The van der Waals surface area contributed by atoms with E-state index in [0.717, 1.165) is 0 Å². The van der Waals surface area contributed by atoms with E-state index in [-0.39, 0.29) is 6.42 Å². The molecule has 0 amide bonds. The lowest BCUT2D eigenvalue weighted by atomic mass is 10.1. The molecule has 0 fully saturated rings. The Kier molecular flexibility index (Phi) is 3.59. The van der Waals surface area contributed by atoms with Gasteiger partial charge in [-0.15, -0.1) is 0 Å². The van der Waals surface area contributed by atoms with Crippen LogP contribution in [0.1, 0.15) is 13.3 Å². The van der Waals surface area contributed by atoms with E-state index >= 15 is 0 Å². The zero-order chi connectivity index (χ0) is 12.5. The Hall–Kier alpha value is -1.08. The number of carbonyl (C=O) groups is 1. The zero-order valence-electron chi connectivity index (χ0n) is 8.23. The lowest BCUT2D eigenvalue weighted by Gasteiger charge is -2.14. The number of hydrogen-bond donors (Lipinski definition) is 4. The van der Waals surface area contributed by atoms with Crippen LogP contribution < -0.4 is 0 Å². The van der Waals surface area contributed by atoms with E-state index in [4.69, 9.17) is 9.79 Å². The molecule has 0 aromatic carbocycles. The first-order valence-corrected chi connectivity index (χ1v) is 5.86. The zero-order valence-corrected chi connectivity index (χ0v) is 9.13. The standard InChI is InChI=1S/C7H11O8P/c1-2-3(8)5-4(9)6(7(10)14-5)15-16(11,12)13/h3,5,8-9H,2H2,1H3,(H2,11,12,13). The van der Waals surface area contributed by atoms with E-state index in [2.05, 4.69) is 9.26 Å². The predicted octanol–water partition coefficient (Wildman–Crippen LogP) is -0.438. The highest BCUT2D eigenvalue weighted by molar-refractivity contribution is 7.46.